The van der Waals surface area contributed by atoms with E-state index in [9.17, 15) is 4.79 Å². The van der Waals surface area contributed by atoms with Crippen LogP contribution in [-0.2, 0) is 16.8 Å². The second-order valence-electron chi connectivity index (χ2n) is 6.17. The minimum atomic E-state index is -0.381. The van der Waals surface area contributed by atoms with Crippen LogP contribution < -0.4 is 0 Å². The van der Waals surface area contributed by atoms with Gasteiger partial charge in [0.2, 0.25) is 0 Å². The molecule has 0 unspecified atom stereocenters. The molecule has 22 heavy (non-hydrogen) atoms. The Kier molecular flexibility index (Phi) is 4.62. The van der Waals surface area contributed by atoms with Crippen LogP contribution in [0, 0.1) is 11.3 Å². The van der Waals surface area contributed by atoms with Crippen LogP contribution in [0.15, 0.2) is 48.5 Å². The van der Waals surface area contributed by atoms with Crippen LogP contribution in [0.2, 0.25) is 0 Å². The maximum absolute atomic E-state index is 12.1. The average Bonchev–Trinajstić information content (AvgIpc) is 2.52. The highest BCUT2D eigenvalue weighted by atomic mass is 16.5. The predicted molar refractivity (Wildman–Crippen MR) is 85.4 cm³/mol. The summed E-state index contributed by atoms with van der Waals surface area (Å²) >= 11 is 0. The van der Waals surface area contributed by atoms with Crippen molar-refractivity contribution in [1.82, 2.24) is 0 Å². The molecular formula is C19H19NO2. The predicted octanol–water partition coefficient (Wildman–Crippen LogP) is 4.21. The van der Waals surface area contributed by atoms with E-state index >= 15 is 0 Å². The molecule has 0 N–H and O–H groups in total. The fourth-order valence-corrected chi connectivity index (χ4v) is 2.09. The largest absolute Gasteiger partial charge is 0.457 e. The van der Waals surface area contributed by atoms with Gasteiger partial charge in [0.25, 0.3) is 0 Å². The van der Waals surface area contributed by atoms with Gasteiger partial charge in [-0.25, -0.2) is 4.79 Å². The average molecular weight is 293 g/mol. The topological polar surface area (TPSA) is 50.1 Å². The Hall–Kier alpha value is -2.60. The fourth-order valence-electron chi connectivity index (χ4n) is 2.09. The lowest BCUT2D eigenvalue weighted by atomic mass is 9.87. The zero-order valence-electron chi connectivity index (χ0n) is 13.1. The van der Waals surface area contributed by atoms with E-state index in [2.05, 4.69) is 26.8 Å². The summed E-state index contributed by atoms with van der Waals surface area (Å²) < 4.78 is 5.29. The van der Waals surface area contributed by atoms with Crippen LogP contribution in [0.4, 0.5) is 0 Å². The van der Waals surface area contributed by atoms with Gasteiger partial charge in [-0.1, -0.05) is 51.1 Å². The maximum atomic E-state index is 12.1. The van der Waals surface area contributed by atoms with Crippen molar-refractivity contribution in [3.8, 4) is 6.07 Å². The molecule has 0 aliphatic carbocycles. The van der Waals surface area contributed by atoms with E-state index in [-0.39, 0.29) is 18.0 Å². The van der Waals surface area contributed by atoms with E-state index in [1.165, 1.54) is 5.56 Å². The molecular weight excluding hydrogens is 274 g/mol. The Morgan fingerprint density at radius 2 is 1.73 bits per heavy atom. The van der Waals surface area contributed by atoms with Gasteiger partial charge in [-0.2, -0.15) is 5.26 Å². The molecule has 0 aliphatic heterocycles. The molecule has 0 spiro atoms. The van der Waals surface area contributed by atoms with E-state index in [4.69, 9.17) is 10.00 Å². The first kappa shape index (κ1) is 15.8. The molecule has 3 heteroatoms. The molecule has 0 radical (unpaired) electrons. The maximum Gasteiger partial charge on any atom is 0.338 e. The van der Waals surface area contributed by atoms with Gasteiger partial charge in [-0.15, -0.1) is 0 Å². The van der Waals surface area contributed by atoms with Gasteiger partial charge in [0.1, 0.15) is 6.61 Å². The van der Waals surface area contributed by atoms with E-state index in [1.54, 1.807) is 30.3 Å². The Morgan fingerprint density at radius 3 is 2.32 bits per heavy atom. The molecule has 0 saturated carbocycles. The molecule has 0 amide bonds. The standard InChI is InChI=1S/C19H19NO2/c1-19(2,3)17-10-8-14(9-11-17)18(21)22-13-16-7-5-4-6-15(16)12-20/h4-11H,13H2,1-3H3. The van der Waals surface area contributed by atoms with Gasteiger partial charge in [0.15, 0.2) is 0 Å². The molecule has 112 valence electrons. The first-order chi connectivity index (χ1) is 10.4. The molecule has 2 rings (SSSR count). The summed E-state index contributed by atoms with van der Waals surface area (Å²) in [5.74, 6) is -0.381. The third kappa shape index (κ3) is 3.73. The van der Waals surface area contributed by atoms with Gasteiger partial charge >= 0.3 is 5.97 Å². The monoisotopic (exact) mass is 293 g/mol. The number of rotatable bonds is 3. The molecule has 2 aromatic carbocycles. The van der Waals surface area contributed by atoms with Crippen molar-refractivity contribution in [3.63, 3.8) is 0 Å². The van der Waals surface area contributed by atoms with Crippen LogP contribution in [0.1, 0.15) is 47.8 Å². The number of hydrogen-bond acceptors (Lipinski definition) is 3. The lowest BCUT2D eigenvalue weighted by Crippen LogP contribution is -2.12. The third-order valence-corrected chi connectivity index (χ3v) is 3.48. The molecule has 3 nitrogen and oxygen atoms in total. The number of ether oxygens (including phenoxy) is 1. The van der Waals surface area contributed by atoms with Crippen molar-refractivity contribution in [2.24, 2.45) is 0 Å². The molecule has 0 aliphatic rings. The molecule has 0 heterocycles. The number of carbonyl (C=O) groups excluding carboxylic acids is 1. The lowest BCUT2D eigenvalue weighted by molar-refractivity contribution is 0.0472. The van der Waals surface area contributed by atoms with Gasteiger partial charge in [-0.3, -0.25) is 0 Å². The van der Waals surface area contributed by atoms with Crippen molar-refractivity contribution in [3.05, 3.63) is 70.8 Å². The van der Waals surface area contributed by atoms with Crippen molar-refractivity contribution < 1.29 is 9.53 Å². The van der Waals surface area contributed by atoms with Crippen LogP contribution in [-0.4, -0.2) is 5.97 Å². The number of benzene rings is 2. The highest BCUT2D eigenvalue weighted by molar-refractivity contribution is 5.89. The number of esters is 1. The third-order valence-electron chi connectivity index (χ3n) is 3.48. The smallest absolute Gasteiger partial charge is 0.338 e. The first-order valence-electron chi connectivity index (χ1n) is 7.17. The molecule has 0 saturated heterocycles. The summed E-state index contributed by atoms with van der Waals surface area (Å²) in [6.45, 7) is 6.47. The van der Waals surface area contributed by atoms with E-state index in [0.29, 0.717) is 16.7 Å². The lowest BCUT2D eigenvalue weighted by Gasteiger charge is -2.18. The number of carbonyl (C=O) groups is 1. The summed E-state index contributed by atoms with van der Waals surface area (Å²) in [7, 11) is 0. The van der Waals surface area contributed by atoms with E-state index in [1.807, 2.05) is 18.2 Å². The Morgan fingerprint density at radius 1 is 1.09 bits per heavy atom. The van der Waals surface area contributed by atoms with Gasteiger partial charge in [0, 0.05) is 5.56 Å². The van der Waals surface area contributed by atoms with Crippen molar-refractivity contribution in [2.75, 3.05) is 0 Å². The van der Waals surface area contributed by atoms with Crippen molar-refractivity contribution in [2.45, 2.75) is 32.8 Å². The summed E-state index contributed by atoms with van der Waals surface area (Å²) in [6, 6.07) is 16.6. The molecule has 0 bridgehead atoms. The quantitative estimate of drug-likeness (QED) is 0.796. The van der Waals surface area contributed by atoms with E-state index in [0.717, 1.165) is 0 Å². The second-order valence-corrected chi connectivity index (χ2v) is 6.17. The number of nitriles is 1. The molecule has 0 aromatic heterocycles. The van der Waals surface area contributed by atoms with Crippen LogP contribution in [0.3, 0.4) is 0 Å². The van der Waals surface area contributed by atoms with E-state index < -0.39 is 0 Å². The second kappa shape index (κ2) is 6.44. The highest BCUT2D eigenvalue weighted by Gasteiger charge is 2.15. The summed E-state index contributed by atoms with van der Waals surface area (Å²) in [5.41, 5.74) is 2.97. The Labute approximate surface area is 131 Å². The summed E-state index contributed by atoms with van der Waals surface area (Å²) in [4.78, 5) is 12.1. The van der Waals surface area contributed by atoms with Crippen molar-refractivity contribution in [1.29, 1.82) is 5.26 Å². The Bertz CT molecular complexity index is 703. The normalized spacial score (nSPS) is 10.8. The zero-order chi connectivity index (χ0) is 16.2. The highest BCUT2D eigenvalue weighted by Crippen LogP contribution is 2.22. The van der Waals surface area contributed by atoms with Crippen LogP contribution >= 0.6 is 0 Å². The fraction of sp³-hybridized carbons (Fsp3) is 0.263. The minimum Gasteiger partial charge on any atom is -0.457 e. The SMILES string of the molecule is CC(C)(C)c1ccc(C(=O)OCc2ccccc2C#N)cc1. The number of hydrogen-bond donors (Lipinski definition) is 0. The minimum absolute atomic E-state index is 0.0498. The molecule has 0 atom stereocenters. The summed E-state index contributed by atoms with van der Waals surface area (Å²) in [5, 5.41) is 9.02. The zero-order valence-corrected chi connectivity index (χ0v) is 13.1. The summed E-state index contributed by atoms with van der Waals surface area (Å²) in [6.07, 6.45) is 0. The first-order valence-corrected chi connectivity index (χ1v) is 7.17. The van der Waals surface area contributed by atoms with Gasteiger partial charge < -0.3 is 4.74 Å². The number of nitrogens with zero attached hydrogens (tertiary/aromatic N) is 1. The van der Waals surface area contributed by atoms with Crippen LogP contribution in [0.25, 0.3) is 0 Å². The molecule has 0 fully saturated rings. The Balaban J connectivity index is 2.05. The van der Waals surface area contributed by atoms with Gasteiger partial charge in [0.05, 0.1) is 17.2 Å². The van der Waals surface area contributed by atoms with Gasteiger partial charge in [-0.05, 0) is 29.2 Å². The molecule has 2 aromatic rings. The van der Waals surface area contributed by atoms with Crippen molar-refractivity contribution >= 4 is 5.97 Å². The van der Waals surface area contributed by atoms with Crippen LogP contribution in [0.5, 0.6) is 0 Å².